The zero-order valence-corrected chi connectivity index (χ0v) is 14.3. The maximum absolute atomic E-state index is 13.7. The van der Waals surface area contributed by atoms with Gasteiger partial charge in [-0.15, -0.1) is 0 Å². The maximum Gasteiger partial charge on any atom is 0.123 e. The number of rotatable bonds is 5. The van der Waals surface area contributed by atoms with Crippen LogP contribution in [0.1, 0.15) is 11.6 Å². The molecule has 0 aliphatic carbocycles. The van der Waals surface area contributed by atoms with E-state index in [-0.39, 0.29) is 11.9 Å². The molecule has 0 amide bonds. The number of halogens is 2. The van der Waals surface area contributed by atoms with Crippen molar-refractivity contribution in [2.75, 3.05) is 13.6 Å². The highest BCUT2D eigenvalue weighted by atomic mass is 79.9. The highest BCUT2D eigenvalue weighted by molar-refractivity contribution is 9.10. The van der Waals surface area contributed by atoms with Crippen LogP contribution < -0.4 is 5.32 Å². The van der Waals surface area contributed by atoms with Gasteiger partial charge in [0.05, 0.1) is 12.1 Å². The lowest BCUT2D eigenvalue weighted by molar-refractivity contribution is 0.132. The fourth-order valence-corrected chi connectivity index (χ4v) is 3.46. The van der Waals surface area contributed by atoms with Crippen LogP contribution in [-0.2, 0) is 0 Å². The predicted octanol–water partition coefficient (Wildman–Crippen LogP) is 3.71. The first-order valence-corrected chi connectivity index (χ1v) is 8.24. The molecule has 0 fully saturated rings. The minimum atomic E-state index is -0.684. The third-order valence-electron chi connectivity index (χ3n) is 3.98. The molecule has 2 N–H and O–H groups in total. The van der Waals surface area contributed by atoms with E-state index in [4.69, 9.17) is 0 Å². The Morgan fingerprint density at radius 3 is 2.74 bits per heavy atom. The fraction of sp³-hybridized carbons (Fsp3) is 0.222. The molecular formula is C18H18BrFN2O. The van der Waals surface area contributed by atoms with Gasteiger partial charge in [-0.1, -0.05) is 34.1 Å². The molecule has 0 aliphatic rings. The summed E-state index contributed by atoms with van der Waals surface area (Å²) < 4.78 is 16.7. The molecule has 3 aromatic rings. The van der Waals surface area contributed by atoms with Gasteiger partial charge in [0.15, 0.2) is 0 Å². The van der Waals surface area contributed by atoms with Crippen LogP contribution in [0.15, 0.2) is 59.2 Å². The Labute approximate surface area is 142 Å². The number of hydrogen-bond donors (Lipinski definition) is 2. The monoisotopic (exact) mass is 376 g/mol. The summed E-state index contributed by atoms with van der Waals surface area (Å²) in [5.41, 5.74) is 1.73. The summed E-state index contributed by atoms with van der Waals surface area (Å²) >= 11 is 3.55. The summed E-state index contributed by atoms with van der Waals surface area (Å²) in [4.78, 5) is 0. The van der Waals surface area contributed by atoms with Crippen LogP contribution in [0.25, 0.3) is 10.9 Å². The van der Waals surface area contributed by atoms with Gasteiger partial charge in [0, 0.05) is 28.1 Å². The van der Waals surface area contributed by atoms with Crippen LogP contribution in [0, 0.1) is 5.82 Å². The number of aromatic nitrogens is 1. The molecule has 1 aromatic heterocycles. The predicted molar refractivity (Wildman–Crippen MR) is 94.1 cm³/mol. The van der Waals surface area contributed by atoms with Crippen molar-refractivity contribution in [2.45, 2.75) is 12.1 Å². The molecule has 0 bridgehead atoms. The molecule has 0 spiro atoms. The number of benzene rings is 2. The van der Waals surface area contributed by atoms with Crippen molar-refractivity contribution < 1.29 is 9.50 Å². The summed E-state index contributed by atoms with van der Waals surface area (Å²) in [6, 6.07) is 14.0. The minimum Gasteiger partial charge on any atom is -0.389 e. The molecule has 1 heterocycles. The molecule has 0 aliphatic heterocycles. The molecule has 2 aromatic carbocycles. The molecule has 120 valence electrons. The fourth-order valence-electron chi connectivity index (χ4n) is 2.97. The Balaban J connectivity index is 2.16. The second kappa shape index (κ2) is 6.83. The molecule has 5 heteroatoms. The molecule has 0 saturated carbocycles. The zero-order chi connectivity index (χ0) is 16.4. The molecule has 23 heavy (non-hydrogen) atoms. The maximum atomic E-state index is 13.7. The van der Waals surface area contributed by atoms with Crippen molar-refractivity contribution in [1.29, 1.82) is 0 Å². The Morgan fingerprint density at radius 2 is 2.00 bits per heavy atom. The Hall–Kier alpha value is -1.69. The number of hydrogen-bond acceptors (Lipinski definition) is 2. The van der Waals surface area contributed by atoms with Gasteiger partial charge in [0.1, 0.15) is 5.82 Å². The lowest BCUT2D eigenvalue weighted by Crippen LogP contribution is -2.33. The van der Waals surface area contributed by atoms with E-state index >= 15 is 0 Å². The quantitative estimate of drug-likeness (QED) is 0.711. The highest BCUT2D eigenvalue weighted by Gasteiger charge is 2.24. The van der Waals surface area contributed by atoms with Gasteiger partial charge >= 0.3 is 0 Å². The van der Waals surface area contributed by atoms with E-state index in [1.165, 1.54) is 12.1 Å². The standard InChI is InChI=1S/C18H18BrFN2O/c1-21-11-17(23)18(12-4-2-5-13(20)10-12)22-9-8-14-15(19)6-3-7-16(14)22/h2-10,17-18,21,23H,11H2,1H3. The van der Waals surface area contributed by atoms with Crippen LogP contribution in [0.5, 0.6) is 0 Å². The van der Waals surface area contributed by atoms with E-state index in [1.807, 2.05) is 41.1 Å². The van der Waals surface area contributed by atoms with Gasteiger partial charge in [0.25, 0.3) is 0 Å². The lowest BCUT2D eigenvalue weighted by Gasteiger charge is -2.26. The highest BCUT2D eigenvalue weighted by Crippen LogP contribution is 2.31. The first-order chi connectivity index (χ1) is 11.1. The van der Waals surface area contributed by atoms with E-state index < -0.39 is 6.10 Å². The molecule has 2 unspecified atom stereocenters. The van der Waals surface area contributed by atoms with E-state index in [0.29, 0.717) is 6.54 Å². The summed E-state index contributed by atoms with van der Waals surface area (Å²) in [5, 5.41) is 14.7. The number of aliphatic hydroxyl groups is 1. The van der Waals surface area contributed by atoms with Gasteiger partial charge < -0.3 is 15.0 Å². The molecule has 3 nitrogen and oxygen atoms in total. The smallest absolute Gasteiger partial charge is 0.123 e. The lowest BCUT2D eigenvalue weighted by atomic mass is 10.0. The number of nitrogens with one attached hydrogen (secondary N) is 1. The zero-order valence-electron chi connectivity index (χ0n) is 12.7. The SMILES string of the molecule is CNCC(O)C(c1cccc(F)c1)n1ccc2c(Br)cccc21. The molecule has 3 rings (SSSR count). The van der Waals surface area contributed by atoms with E-state index in [0.717, 1.165) is 20.9 Å². The molecule has 0 radical (unpaired) electrons. The summed E-state index contributed by atoms with van der Waals surface area (Å²) in [7, 11) is 1.79. The van der Waals surface area contributed by atoms with Gasteiger partial charge in [-0.25, -0.2) is 4.39 Å². The van der Waals surface area contributed by atoms with Crippen LogP contribution in [0.2, 0.25) is 0 Å². The van der Waals surface area contributed by atoms with Gasteiger partial charge in [-0.05, 0) is 42.9 Å². The summed E-state index contributed by atoms with van der Waals surface area (Å²) in [6.45, 7) is 0.412. The van der Waals surface area contributed by atoms with Crippen molar-refractivity contribution in [2.24, 2.45) is 0 Å². The van der Waals surface area contributed by atoms with Crippen LogP contribution >= 0.6 is 15.9 Å². The van der Waals surface area contributed by atoms with Crippen molar-refractivity contribution in [3.05, 3.63) is 70.6 Å². The Morgan fingerprint density at radius 1 is 1.22 bits per heavy atom. The second-order valence-electron chi connectivity index (χ2n) is 5.52. The van der Waals surface area contributed by atoms with Gasteiger partial charge in [0.2, 0.25) is 0 Å². The average Bonchev–Trinajstić information content (AvgIpc) is 2.93. The molecule has 2 atom stereocenters. The van der Waals surface area contributed by atoms with E-state index in [2.05, 4.69) is 21.2 Å². The minimum absolute atomic E-state index is 0.304. The van der Waals surface area contributed by atoms with Crippen molar-refractivity contribution in [3.63, 3.8) is 0 Å². The van der Waals surface area contributed by atoms with Crippen LogP contribution in [0.4, 0.5) is 4.39 Å². The summed E-state index contributed by atoms with van der Waals surface area (Å²) in [6.07, 6.45) is 1.25. The third kappa shape index (κ3) is 3.17. The molecule has 0 saturated heterocycles. The first kappa shape index (κ1) is 16.2. The topological polar surface area (TPSA) is 37.2 Å². The van der Waals surface area contributed by atoms with Crippen LogP contribution in [0.3, 0.4) is 0 Å². The van der Waals surface area contributed by atoms with Crippen molar-refractivity contribution in [1.82, 2.24) is 9.88 Å². The van der Waals surface area contributed by atoms with E-state index in [1.54, 1.807) is 13.1 Å². The van der Waals surface area contributed by atoms with Gasteiger partial charge in [-0.3, -0.25) is 0 Å². The molecular weight excluding hydrogens is 359 g/mol. The van der Waals surface area contributed by atoms with Gasteiger partial charge in [-0.2, -0.15) is 0 Å². The normalized spacial score (nSPS) is 14.1. The van der Waals surface area contributed by atoms with Crippen molar-refractivity contribution in [3.8, 4) is 0 Å². The second-order valence-corrected chi connectivity index (χ2v) is 6.37. The average molecular weight is 377 g/mol. The first-order valence-electron chi connectivity index (χ1n) is 7.45. The van der Waals surface area contributed by atoms with Crippen LogP contribution in [-0.4, -0.2) is 29.4 Å². The number of likely N-dealkylation sites (N-methyl/N-ethyl adjacent to an activating group) is 1. The third-order valence-corrected chi connectivity index (χ3v) is 4.67. The number of aliphatic hydroxyl groups excluding tert-OH is 1. The largest absolute Gasteiger partial charge is 0.389 e. The number of fused-ring (bicyclic) bond motifs is 1. The number of nitrogens with zero attached hydrogens (tertiary/aromatic N) is 1. The van der Waals surface area contributed by atoms with Crippen molar-refractivity contribution >= 4 is 26.8 Å². The summed E-state index contributed by atoms with van der Waals surface area (Å²) in [5.74, 6) is -0.304. The Bertz CT molecular complexity index is 818. The Kier molecular flexibility index (Phi) is 4.80. The van der Waals surface area contributed by atoms with E-state index in [9.17, 15) is 9.50 Å².